The van der Waals surface area contributed by atoms with Crippen LogP contribution in [0, 0.1) is 0 Å². The zero-order valence-electron chi connectivity index (χ0n) is 18.5. The highest BCUT2D eigenvalue weighted by molar-refractivity contribution is 7.79. The third kappa shape index (κ3) is 5.48. The molecule has 2 aromatic rings. The van der Waals surface area contributed by atoms with Gasteiger partial charge in [0.15, 0.2) is 5.78 Å². The van der Waals surface area contributed by atoms with Crippen LogP contribution in [0.3, 0.4) is 0 Å². The van der Waals surface area contributed by atoms with Crippen LogP contribution in [0.5, 0.6) is 0 Å². The minimum absolute atomic E-state index is 0.0352. The quantitative estimate of drug-likeness (QED) is 0.421. The molecule has 3 atom stereocenters. The number of amides is 2. The molecule has 0 aliphatic carbocycles. The van der Waals surface area contributed by atoms with Crippen molar-refractivity contribution in [2.75, 3.05) is 31.1 Å². The Bertz CT molecular complexity index is 1080. The van der Waals surface area contributed by atoms with E-state index in [4.69, 9.17) is 17.0 Å². The van der Waals surface area contributed by atoms with Gasteiger partial charge in [-0.2, -0.15) is 0 Å². The zero-order chi connectivity index (χ0) is 24.1. The molecule has 0 radical (unpaired) electrons. The van der Waals surface area contributed by atoms with Gasteiger partial charge in [0.2, 0.25) is 5.91 Å². The van der Waals surface area contributed by atoms with Crippen LogP contribution < -0.4 is 15.5 Å². The van der Waals surface area contributed by atoms with E-state index in [1.807, 2.05) is 12.1 Å². The van der Waals surface area contributed by atoms with Crippen LogP contribution in [-0.4, -0.2) is 61.6 Å². The van der Waals surface area contributed by atoms with Crippen molar-refractivity contribution in [1.29, 1.82) is 0 Å². The van der Waals surface area contributed by atoms with Gasteiger partial charge in [-0.15, -0.1) is 0 Å². The Morgan fingerprint density at radius 1 is 1.15 bits per heavy atom. The van der Waals surface area contributed by atoms with E-state index in [0.717, 1.165) is 11.1 Å². The lowest BCUT2D eigenvalue weighted by Crippen LogP contribution is -2.35. The first kappa shape index (κ1) is 24.0. The lowest BCUT2D eigenvalue weighted by molar-refractivity contribution is -0.121. The molecule has 178 valence electrons. The van der Waals surface area contributed by atoms with Crippen LogP contribution in [0.25, 0.3) is 0 Å². The maximum atomic E-state index is 14.3. The van der Waals surface area contributed by atoms with E-state index >= 15 is 0 Å². The highest BCUT2D eigenvalue weighted by Crippen LogP contribution is 2.34. The Hall–Kier alpha value is -3.17. The summed E-state index contributed by atoms with van der Waals surface area (Å²) in [6, 6.07) is 14.2. The predicted octanol–water partition coefficient (Wildman–Crippen LogP) is 3.16. The minimum atomic E-state index is -1.02. The first-order chi connectivity index (χ1) is 16.5. The number of halogens is 1. The fraction of sp³-hybridized carbons (Fsp3) is 0.360. The second-order valence-corrected chi connectivity index (χ2v) is 8.66. The molecule has 4 rings (SSSR count). The van der Waals surface area contributed by atoms with E-state index < -0.39 is 18.4 Å². The highest BCUT2D eigenvalue weighted by atomic mass is 32.1. The molecule has 2 N–H and O–H groups in total. The number of thiocarbonyl (C=S) groups is 1. The smallest absolute Gasteiger partial charge is 0.414 e. The molecule has 2 heterocycles. The molecule has 2 unspecified atom stereocenters. The van der Waals surface area contributed by atoms with E-state index in [2.05, 4.69) is 10.6 Å². The Balaban J connectivity index is 1.28. The molecular weight excluding hydrogens is 457 g/mol. The molecule has 2 fully saturated rings. The molecule has 0 saturated carbocycles. The summed E-state index contributed by atoms with van der Waals surface area (Å²) >= 11 is 4.85. The summed E-state index contributed by atoms with van der Waals surface area (Å²) in [6.45, 7) is 1.19. The molecule has 0 spiro atoms. The topological polar surface area (TPSA) is 87.7 Å². The third-order valence-electron chi connectivity index (χ3n) is 6.12. The zero-order valence-corrected chi connectivity index (χ0v) is 19.4. The summed E-state index contributed by atoms with van der Waals surface area (Å²) in [7, 11) is 0. The van der Waals surface area contributed by atoms with E-state index in [1.54, 1.807) is 36.4 Å². The third-order valence-corrected chi connectivity index (χ3v) is 6.39. The fourth-order valence-electron chi connectivity index (χ4n) is 4.26. The number of alkyl halides is 1. The Morgan fingerprint density at radius 2 is 1.91 bits per heavy atom. The van der Waals surface area contributed by atoms with Crippen molar-refractivity contribution in [3.8, 4) is 0 Å². The number of ketones is 1. The van der Waals surface area contributed by atoms with Gasteiger partial charge in [-0.25, -0.2) is 9.18 Å². The van der Waals surface area contributed by atoms with Crippen LogP contribution in [0.4, 0.5) is 14.9 Å². The summed E-state index contributed by atoms with van der Waals surface area (Å²) in [6.07, 6.45) is -1.97. The Morgan fingerprint density at radius 3 is 2.62 bits per heavy atom. The van der Waals surface area contributed by atoms with Gasteiger partial charge in [0.25, 0.3) is 0 Å². The predicted molar refractivity (Wildman–Crippen MR) is 130 cm³/mol. The van der Waals surface area contributed by atoms with Crippen molar-refractivity contribution in [3.05, 3.63) is 65.2 Å². The number of carbonyl (C=O) groups excluding carboxylic acids is 3. The second-order valence-electron chi connectivity index (χ2n) is 8.42. The molecular formula is C25H26FN3O4S. The number of rotatable bonds is 9. The van der Waals surface area contributed by atoms with Crippen molar-refractivity contribution < 1.29 is 23.5 Å². The number of nitrogens with zero attached hydrogens (tertiary/aromatic N) is 1. The number of carbonyl (C=O) groups is 3. The standard InChI is InChI=1S/C25H26FN3O4S/c26-21-13-27-12-20(21)19-3-1-2-4-22(19)29-14-18(33-25(29)32)11-28-24(31)10-9-23(30)17-7-5-16(15-34)6-8-17/h1-8,15,18,20-21,27H,9-14H2,(H,28,31)/t18?,20?,21-/m1/s1. The number of cyclic esters (lactones) is 1. The summed E-state index contributed by atoms with van der Waals surface area (Å²) in [5, 5.41) is 7.30. The van der Waals surface area contributed by atoms with Crippen molar-refractivity contribution in [1.82, 2.24) is 10.6 Å². The van der Waals surface area contributed by atoms with Crippen LogP contribution in [0.15, 0.2) is 48.5 Å². The molecule has 34 heavy (non-hydrogen) atoms. The monoisotopic (exact) mass is 483 g/mol. The van der Waals surface area contributed by atoms with Crippen LogP contribution in [-0.2, 0) is 9.53 Å². The van der Waals surface area contributed by atoms with Crippen molar-refractivity contribution in [3.63, 3.8) is 0 Å². The van der Waals surface area contributed by atoms with Gasteiger partial charge in [-0.1, -0.05) is 54.7 Å². The normalized spacial score (nSPS) is 21.9. The van der Waals surface area contributed by atoms with Gasteiger partial charge in [0.05, 0.1) is 18.8 Å². The van der Waals surface area contributed by atoms with Crippen molar-refractivity contribution >= 4 is 41.1 Å². The van der Waals surface area contributed by atoms with Crippen molar-refractivity contribution in [2.24, 2.45) is 0 Å². The van der Waals surface area contributed by atoms with E-state index in [9.17, 15) is 18.8 Å². The summed E-state index contributed by atoms with van der Waals surface area (Å²) in [5.74, 6) is -0.754. The summed E-state index contributed by atoms with van der Waals surface area (Å²) in [4.78, 5) is 38.6. The van der Waals surface area contributed by atoms with E-state index in [-0.39, 0.29) is 43.5 Å². The van der Waals surface area contributed by atoms with Crippen LogP contribution in [0.1, 0.15) is 40.2 Å². The largest absolute Gasteiger partial charge is 0.442 e. The average molecular weight is 484 g/mol. The SMILES string of the molecule is O=C(CCC(=O)c1ccc(C=S)cc1)NCC1CN(c2ccccc2C2CNC[C@H]2F)C(=O)O1. The molecule has 7 nitrogen and oxygen atoms in total. The molecule has 2 aromatic carbocycles. The van der Waals surface area contributed by atoms with Crippen molar-refractivity contribution in [2.45, 2.75) is 31.0 Å². The molecule has 0 bridgehead atoms. The molecule has 2 amide bonds. The first-order valence-electron chi connectivity index (χ1n) is 11.2. The molecule has 2 aliphatic rings. The van der Waals surface area contributed by atoms with Gasteiger partial charge in [-0.3, -0.25) is 14.5 Å². The maximum Gasteiger partial charge on any atom is 0.414 e. The summed E-state index contributed by atoms with van der Waals surface area (Å²) < 4.78 is 19.7. The van der Waals surface area contributed by atoms with E-state index in [0.29, 0.717) is 24.3 Å². The Labute approximate surface area is 202 Å². The van der Waals surface area contributed by atoms with Crippen LogP contribution >= 0.6 is 12.2 Å². The van der Waals surface area contributed by atoms with Gasteiger partial charge >= 0.3 is 6.09 Å². The summed E-state index contributed by atoms with van der Waals surface area (Å²) in [5.41, 5.74) is 2.76. The number of Topliss-reactive ketones (excluding diaryl/α,β-unsaturated/α-hetero) is 1. The number of benzene rings is 2. The van der Waals surface area contributed by atoms with Gasteiger partial charge in [0, 0.05) is 42.8 Å². The highest BCUT2D eigenvalue weighted by Gasteiger charge is 2.37. The molecule has 9 heteroatoms. The first-order valence-corrected chi connectivity index (χ1v) is 11.7. The van der Waals surface area contributed by atoms with Crippen LogP contribution in [0.2, 0.25) is 0 Å². The molecule has 2 saturated heterocycles. The Kier molecular flexibility index (Phi) is 7.64. The molecule has 2 aliphatic heterocycles. The number of para-hydroxylation sites is 1. The lowest BCUT2D eigenvalue weighted by Gasteiger charge is -2.21. The van der Waals surface area contributed by atoms with Gasteiger partial charge in [0.1, 0.15) is 12.3 Å². The number of ether oxygens (including phenoxy) is 1. The average Bonchev–Trinajstić information content (AvgIpc) is 3.46. The minimum Gasteiger partial charge on any atom is -0.442 e. The number of nitrogens with one attached hydrogen (secondary N) is 2. The number of hydrogen-bond acceptors (Lipinski definition) is 6. The lowest BCUT2D eigenvalue weighted by atomic mass is 9.95. The maximum absolute atomic E-state index is 14.3. The molecule has 0 aromatic heterocycles. The van der Waals surface area contributed by atoms with Gasteiger partial charge < -0.3 is 15.4 Å². The fourth-order valence-corrected chi connectivity index (χ4v) is 4.42. The number of hydrogen-bond donors (Lipinski definition) is 2. The van der Waals surface area contributed by atoms with E-state index in [1.165, 1.54) is 10.3 Å². The second kappa shape index (κ2) is 10.8. The van der Waals surface area contributed by atoms with Gasteiger partial charge in [-0.05, 0) is 17.2 Å². The number of anilines is 1.